The van der Waals surface area contributed by atoms with Crippen molar-refractivity contribution in [1.82, 2.24) is 0 Å². The lowest BCUT2D eigenvalue weighted by molar-refractivity contribution is -0.0514. The fourth-order valence-corrected chi connectivity index (χ4v) is 2.61. The molecule has 2 N–H and O–H groups in total. The lowest BCUT2D eigenvalue weighted by Crippen LogP contribution is -2.38. The van der Waals surface area contributed by atoms with Gasteiger partial charge >= 0.3 is 0 Å². The monoisotopic (exact) mass is 214 g/mol. The van der Waals surface area contributed by atoms with E-state index >= 15 is 0 Å². The van der Waals surface area contributed by atoms with E-state index in [1.165, 1.54) is 19.3 Å². The van der Waals surface area contributed by atoms with Crippen LogP contribution in [0.2, 0.25) is 0 Å². The van der Waals surface area contributed by atoms with Gasteiger partial charge in [0.2, 0.25) is 0 Å². The van der Waals surface area contributed by atoms with Crippen molar-refractivity contribution >= 4 is 0 Å². The highest BCUT2D eigenvalue weighted by atomic mass is 16.3. The van der Waals surface area contributed by atoms with Crippen molar-refractivity contribution in [3.8, 4) is 0 Å². The minimum atomic E-state index is -0.548. The van der Waals surface area contributed by atoms with Crippen molar-refractivity contribution in [1.29, 1.82) is 0 Å². The Bertz CT molecular complexity index is 171. The fraction of sp³-hybridized carbons (Fsp3) is 1.00. The van der Waals surface area contributed by atoms with Gasteiger partial charge < -0.3 is 10.2 Å². The predicted octanol–water partition coefficient (Wildman–Crippen LogP) is 2.58. The van der Waals surface area contributed by atoms with Gasteiger partial charge in [-0.25, -0.2) is 0 Å². The minimum absolute atomic E-state index is 0.156. The molecule has 0 radical (unpaired) electrons. The zero-order chi connectivity index (χ0) is 11.4. The van der Waals surface area contributed by atoms with Crippen LogP contribution < -0.4 is 0 Å². The molecule has 2 atom stereocenters. The van der Waals surface area contributed by atoms with Gasteiger partial charge in [-0.2, -0.15) is 0 Å². The largest absolute Gasteiger partial charge is 0.390 e. The van der Waals surface area contributed by atoms with Crippen LogP contribution in [0.25, 0.3) is 0 Å². The number of rotatable bonds is 4. The molecule has 2 nitrogen and oxygen atoms in total. The van der Waals surface area contributed by atoms with E-state index in [0.717, 1.165) is 18.8 Å². The Hall–Kier alpha value is -0.0800. The first-order chi connectivity index (χ1) is 7.06. The number of aliphatic hydroxyl groups is 2. The van der Waals surface area contributed by atoms with E-state index in [1.54, 1.807) is 0 Å². The lowest BCUT2D eigenvalue weighted by Gasteiger charge is -2.34. The van der Waals surface area contributed by atoms with Crippen LogP contribution in [0.3, 0.4) is 0 Å². The molecule has 0 aliphatic heterocycles. The van der Waals surface area contributed by atoms with Crippen LogP contribution in [-0.2, 0) is 0 Å². The molecule has 0 aromatic rings. The van der Waals surface area contributed by atoms with Crippen LogP contribution in [0.5, 0.6) is 0 Å². The maximum atomic E-state index is 10.0. The lowest BCUT2D eigenvalue weighted by atomic mass is 9.76. The van der Waals surface area contributed by atoms with Gasteiger partial charge in [0.05, 0.1) is 12.2 Å². The smallest absolute Gasteiger partial charge is 0.0829 e. The fourth-order valence-electron chi connectivity index (χ4n) is 2.61. The first kappa shape index (κ1) is 13.0. The van der Waals surface area contributed by atoms with Gasteiger partial charge in [-0.1, -0.05) is 40.0 Å². The van der Waals surface area contributed by atoms with Gasteiger partial charge in [0, 0.05) is 0 Å². The molecule has 0 amide bonds. The van der Waals surface area contributed by atoms with Crippen LogP contribution in [0.4, 0.5) is 0 Å². The molecule has 1 saturated carbocycles. The summed E-state index contributed by atoms with van der Waals surface area (Å²) in [6, 6.07) is 0. The molecule has 0 saturated heterocycles. The van der Waals surface area contributed by atoms with Crippen molar-refractivity contribution in [2.45, 2.75) is 65.1 Å². The molecule has 1 fully saturated rings. The molecule has 2 unspecified atom stereocenters. The van der Waals surface area contributed by atoms with Gasteiger partial charge in [-0.3, -0.25) is 0 Å². The summed E-state index contributed by atoms with van der Waals surface area (Å²) in [6.45, 7) is 6.17. The Morgan fingerprint density at radius 3 is 2.00 bits per heavy atom. The molecule has 1 aliphatic rings. The average Bonchev–Trinajstić information content (AvgIpc) is 2.27. The topological polar surface area (TPSA) is 40.5 Å². The molecular formula is C13H26O2. The van der Waals surface area contributed by atoms with Gasteiger partial charge in [-0.15, -0.1) is 0 Å². The van der Waals surface area contributed by atoms with Crippen LogP contribution in [0.15, 0.2) is 0 Å². The third kappa shape index (κ3) is 3.46. The van der Waals surface area contributed by atoms with E-state index < -0.39 is 12.2 Å². The third-order valence-electron chi connectivity index (χ3n) is 3.98. The summed E-state index contributed by atoms with van der Waals surface area (Å²) in [5.41, 5.74) is 0. The van der Waals surface area contributed by atoms with Crippen LogP contribution in [-0.4, -0.2) is 22.4 Å². The zero-order valence-electron chi connectivity index (χ0n) is 10.3. The number of hydrogen-bond acceptors (Lipinski definition) is 2. The molecule has 0 bridgehead atoms. The molecule has 0 spiro atoms. The Morgan fingerprint density at radius 1 is 1.07 bits per heavy atom. The van der Waals surface area contributed by atoms with E-state index in [4.69, 9.17) is 0 Å². The number of hydrogen-bond donors (Lipinski definition) is 2. The molecule has 1 rings (SSSR count). The summed E-state index contributed by atoms with van der Waals surface area (Å²) in [4.78, 5) is 0. The molecule has 0 aromatic heterocycles. The highest BCUT2D eigenvalue weighted by Gasteiger charge is 2.31. The highest BCUT2D eigenvalue weighted by Crippen LogP contribution is 2.34. The summed E-state index contributed by atoms with van der Waals surface area (Å²) in [7, 11) is 0. The Labute approximate surface area is 93.7 Å². The minimum Gasteiger partial charge on any atom is -0.390 e. The first-order valence-electron chi connectivity index (χ1n) is 6.42. The van der Waals surface area contributed by atoms with Gasteiger partial charge in [0.15, 0.2) is 0 Å². The van der Waals surface area contributed by atoms with Gasteiger partial charge in [0.25, 0.3) is 0 Å². The third-order valence-corrected chi connectivity index (χ3v) is 3.98. The maximum absolute atomic E-state index is 10.0. The van der Waals surface area contributed by atoms with Gasteiger partial charge in [0.1, 0.15) is 0 Å². The molecule has 2 heteroatoms. The second-order valence-corrected chi connectivity index (χ2v) is 5.41. The molecule has 15 heavy (non-hydrogen) atoms. The summed E-state index contributed by atoms with van der Waals surface area (Å²) in [5, 5.41) is 19.8. The van der Waals surface area contributed by atoms with E-state index in [2.05, 4.69) is 6.92 Å². The maximum Gasteiger partial charge on any atom is 0.0829 e. The van der Waals surface area contributed by atoms with Gasteiger partial charge in [-0.05, 0) is 30.6 Å². The number of aliphatic hydroxyl groups excluding tert-OH is 2. The SMILES string of the molecule is CCC1CCC(C(O)C(O)C(C)C)CC1. The Kier molecular flexibility index (Phi) is 5.07. The van der Waals surface area contributed by atoms with Crippen molar-refractivity contribution in [3.63, 3.8) is 0 Å². The Balaban J connectivity index is 2.39. The van der Waals surface area contributed by atoms with Crippen molar-refractivity contribution < 1.29 is 10.2 Å². The summed E-state index contributed by atoms with van der Waals surface area (Å²) < 4.78 is 0. The first-order valence-corrected chi connectivity index (χ1v) is 6.42. The predicted molar refractivity (Wildman–Crippen MR) is 62.6 cm³/mol. The van der Waals surface area contributed by atoms with Crippen LogP contribution in [0.1, 0.15) is 52.9 Å². The normalized spacial score (nSPS) is 31.6. The van der Waals surface area contributed by atoms with E-state index in [9.17, 15) is 10.2 Å². The van der Waals surface area contributed by atoms with E-state index in [-0.39, 0.29) is 5.92 Å². The highest BCUT2D eigenvalue weighted by molar-refractivity contribution is 4.82. The molecule has 0 aromatic carbocycles. The summed E-state index contributed by atoms with van der Waals surface area (Å²) in [6.07, 6.45) is 4.82. The molecule has 1 aliphatic carbocycles. The van der Waals surface area contributed by atoms with E-state index in [0.29, 0.717) is 5.92 Å². The Morgan fingerprint density at radius 2 is 1.60 bits per heavy atom. The summed E-state index contributed by atoms with van der Waals surface area (Å²) in [5.74, 6) is 1.33. The standard InChI is InChI=1S/C13H26O2/c1-4-10-5-7-11(8-6-10)13(15)12(14)9(2)3/h9-15H,4-8H2,1-3H3. The van der Waals surface area contributed by atoms with Crippen molar-refractivity contribution in [2.24, 2.45) is 17.8 Å². The van der Waals surface area contributed by atoms with Crippen LogP contribution in [0, 0.1) is 17.8 Å². The van der Waals surface area contributed by atoms with Crippen molar-refractivity contribution in [3.05, 3.63) is 0 Å². The average molecular weight is 214 g/mol. The van der Waals surface area contributed by atoms with Crippen LogP contribution >= 0.6 is 0 Å². The zero-order valence-corrected chi connectivity index (χ0v) is 10.3. The summed E-state index contributed by atoms with van der Waals surface area (Å²) >= 11 is 0. The molecule has 0 heterocycles. The second-order valence-electron chi connectivity index (χ2n) is 5.41. The van der Waals surface area contributed by atoms with E-state index in [1.807, 2.05) is 13.8 Å². The second kappa shape index (κ2) is 5.86. The quantitative estimate of drug-likeness (QED) is 0.755. The molecule has 90 valence electrons. The molecular weight excluding hydrogens is 188 g/mol. The van der Waals surface area contributed by atoms with Crippen molar-refractivity contribution in [2.75, 3.05) is 0 Å².